The average molecular weight is 355 g/mol. The monoisotopic (exact) mass is 355 g/mol. The van der Waals surface area contributed by atoms with E-state index in [1.165, 1.54) is 18.2 Å². The summed E-state index contributed by atoms with van der Waals surface area (Å²) in [5.74, 6) is -0.0195. The largest absolute Gasteiger partial charge is 0.478 e. The van der Waals surface area contributed by atoms with E-state index in [4.69, 9.17) is 15.6 Å². The molecule has 5 heteroatoms. The molecule has 0 aliphatic carbocycles. The minimum atomic E-state index is -1.01. The topological polar surface area (TPSA) is 72.6 Å². The Morgan fingerprint density at radius 1 is 1.17 bits per heavy atom. The molecule has 0 heterocycles. The summed E-state index contributed by atoms with van der Waals surface area (Å²) in [5, 5.41) is 8.92. The van der Waals surface area contributed by atoms with Gasteiger partial charge in [0.2, 0.25) is 0 Å². The normalized spacial score (nSPS) is 10.1. The maximum atomic E-state index is 10.9. The Bertz CT molecular complexity index is 599. The number of rotatable bonds is 3. The van der Waals surface area contributed by atoms with Gasteiger partial charge in [0.1, 0.15) is 5.75 Å². The second kappa shape index (κ2) is 5.26. The first-order valence-corrected chi connectivity index (χ1v) is 6.21. The third kappa shape index (κ3) is 2.73. The number of carboxylic acids is 1. The van der Waals surface area contributed by atoms with E-state index >= 15 is 0 Å². The Morgan fingerprint density at radius 3 is 2.56 bits per heavy atom. The number of carboxylic acid groups (broad SMARTS) is 1. The predicted octanol–water partition coefficient (Wildman–Crippen LogP) is 3.36. The quantitative estimate of drug-likeness (QED) is 0.654. The van der Waals surface area contributed by atoms with Gasteiger partial charge in [-0.1, -0.05) is 12.1 Å². The molecule has 18 heavy (non-hydrogen) atoms. The van der Waals surface area contributed by atoms with Crippen LogP contribution in [0.4, 0.5) is 5.69 Å². The predicted molar refractivity (Wildman–Crippen MR) is 77.0 cm³/mol. The molecule has 0 aliphatic rings. The van der Waals surface area contributed by atoms with Gasteiger partial charge in [-0.3, -0.25) is 0 Å². The van der Waals surface area contributed by atoms with Crippen molar-refractivity contribution in [2.24, 2.45) is 0 Å². The highest BCUT2D eigenvalue weighted by Gasteiger charge is 2.09. The fraction of sp³-hybridized carbons (Fsp3) is 0. The van der Waals surface area contributed by atoms with Crippen LogP contribution in [0.1, 0.15) is 10.4 Å². The number of hydrogen-bond donors (Lipinski definition) is 2. The van der Waals surface area contributed by atoms with Gasteiger partial charge in [0.05, 0.1) is 14.8 Å². The van der Waals surface area contributed by atoms with Gasteiger partial charge in [0, 0.05) is 0 Å². The lowest BCUT2D eigenvalue weighted by molar-refractivity contribution is 0.0696. The zero-order chi connectivity index (χ0) is 13.1. The molecule has 0 saturated carbocycles. The summed E-state index contributed by atoms with van der Waals surface area (Å²) in [4.78, 5) is 10.9. The van der Waals surface area contributed by atoms with Crippen molar-refractivity contribution in [2.45, 2.75) is 0 Å². The lowest BCUT2D eigenvalue weighted by Crippen LogP contribution is -1.99. The molecule has 0 bridgehead atoms. The van der Waals surface area contributed by atoms with E-state index in [1.807, 2.05) is 18.2 Å². The summed E-state index contributed by atoms with van der Waals surface area (Å²) in [6.45, 7) is 0. The smallest absolute Gasteiger partial charge is 0.335 e. The number of nitrogen functional groups attached to an aromatic ring is 1. The molecule has 0 aliphatic heterocycles. The van der Waals surface area contributed by atoms with Gasteiger partial charge in [-0.05, 0) is 52.9 Å². The third-order valence-corrected chi connectivity index (χ3v) is 3.21. The maximum Gasteiger partial charge on any atom is 0.335 e. The summed E-state index contributed by atoms with van der Waals surface area (Å²) in [7, 11) is 0. The number of carbonyl (C=O) groups is 1. The van der Waals surface area contributed by atoms with Crippen molar-refractivity contribution in [3.05, 3.63) is 51.6 Å². The molecule has 0 spiro atoms. The number of aromatic carboxylic acids is 1. The van der Waals surface area contributed by atoms with E-state index in [9.17, 15) is 4.79 Å². The second-order valence-corrected chi connectivity index (χ2v) is 4.75. The Labute approximate surface area is 118 Å². The van der Waals surface area contributed by atoms with E-state index in [0.717, 1.165) is 3.57 Å². The van der Waals surface area contributed by atoms with E-state index in [2.05, 4.69) is 22.6 Å². The first-order chi connectivity index (χ1) is 8.58. The van der Waals surface area contributed by atoms with Crippen LogP contribution in [-0.4, -0.2) is 11.1 Å². The van der Waals surface area contributed by atoms with Crippen molar-refractivity contribution in [1.82, 2.24) is 0 Å². The zero-order valence-electron chi connectivity index (χ0n) is 9.26. The molecule has 2 aromatic rings. The molecule has 2 rings (SSSR count). The van der Waals surface area contributed by atoms with Crippen molar-refractivity contribution in [1.29, 1.82) is 0 Å². The number of hydrogen-bond acceptors (Lipinski definition) is 3. The number of nitrogens with two attached hydrogens (primary N) is 1. The molecule has 0 aromatic heterocycles. The fourth-order valence-electron chi connectivity index (χ4n) is 1.40. The fourth-order valence-corrected chi connectivity index (χ4v) is 1.90. The number of anilines is 1. The molecular formula is C13H10INO3. The van der Waals surface area contributed by atoms with Crippen LogP contribution in [0.15, 0.2) is 42.5 Å². The average Bonchev–Trinajstić information content (AvgIpc) is 2.34. The van der Waals surface area contributed by atoms with Gasteiger partial charge in [0.25, 0.3) is 0 Å². The Kier molecular flexibility index (Phi) is 3.71. The summed E-state index contributed by atoms with van der Waals surface area (Å²) in [6.07, 6.45) is 0. The van der Waals surface area contributed by atoms with E-state index in [1.54, 1.807) is 6.07 Å². The maximum absolute atomic E-state index is 10.9. The van der Waals surface area contributed by atoms with Crippen LogP contribution in [0.3, 0.4) is 0 Å². The van der Waals surface area contributed by atoms with Crippen molar-refractivity contribution in [2.75, 3.05) is 5.73 Å². The Balaban J connectivity index is 2.37. The summed E-state index contributed by atoms with van der Waals surface area (Å²) in [6, 6.07) is 11.8. The van der Waals surface area contributed by atoms with Crippen molar-refractivity contribution >= 4 is 34.2 Å². The summed E-state index contributed by atoms with van der Waals surface area (Å²) < 4.78 is 6.56. The van der Waals surface area contributed by atoms with E-state index in [0.29, 0.717) is 17.2 Å². The lowest BCUT2D eigenvalue weighted by Gasteiger charge is -2.10. The molecule has 0 unspecified atom stereocenters. The van der Waals surface area contributed by atoms with Crippen LogP contribution in [-0.2, 0) is 0 Å². The second-order valence-electron chi connectivity index (χ2n) is 3.59. The summed E-state index contributed by atoms with van der Waals surface area (Å²) >= 11 is 2.14. The van der Waals surface area contributed by atoms with Crippen LogP contribution in [0.25, 0.3) is 0 Å². The van der Waals surface area contributed by atoms with E-state index < -0.39 is 5.97 Å². The van der Waals surface area contributed by atoms with Crippen LogP contribution in [0, 0.1) is 3.57 Å². The highest BCUT2D eigenvalue weighted by molar-refractivity contribution is 14.1. The zero-order valence-corrected chi connectivity index (χ0v) is 11.4. The minimum Gasteiger partial charge on any atom is -0.478 e. The van der Waals surface area contributed by atoms with Gasteiger partial charge in [-0.2, -0.15) is 0 Å². The van der Waals surface area contributed by atoms with Crippen molar-refractivity contribution in [3.63, 3.8) is 0 Å². The van der Waals surface area contributed by atoms with Crippen molar-refractivity contribution < 1.29 is 14.6 Å². The number of para-hydroxylation sites is 1. The number of ether oxygens (including phenoxy) is 1. The molecule has 92 valence electrons. The van der Waals surface area contributed by atoms with Gasteiger partial charge in [-0.25, -0.2) is 4.79 Å². The standard InChI is InChI=1S/C13H10INO3/c14-9-3-1-2-4-11(9)18-12-7-8(13(16)17)5-6-10(12)15/h1-7H,15H2,(H,16,17). The lowest BCUT2D eigenvalue weighted by atomic mass is 10.2. The molecule has 0 saturated heterocycles. The molecule has 0 fully saturated rings. The van der Waals surface area contributed by atoms with Crippen LogP contribution >= 0.6 is 22.6 Å². The first-order valence-electron chi connectivity index (χ1n) is 5.13. The van der Waals surface area contributed by atoms with Gasteiger partial charge < -0.3 is 15.6 Å². The van der Waals surface area contributed by atoms with Crippen LogP contribution in [0.2, 0.25) is 0 Å². The van der Waals surface area contributed by atoms with Gasteiger partial charge in [-0.15, -0.1) is 0 Å². The van der Waals surface area contributed by atoms with E-state index in [-0.39, 0.29) is 5.56 Å². The number of halogens is 1. The SMILES string of the molecule is Nc1ccc(C(=O)O)cc1Oc1ccccc1I. The third-order valence-electron chi connectivity index (χ3n) is 2.32. The Morgan fingerprint density at radius 2 is 1.89 bits per heavy atom. The van der Waals surface area contributed by atoms with Gasteiger partial charge >= 0.3 is 5.97 Å². The van der Waals surface area contributed by atoms with Crippen LogP contribution in [0.5, 0.6) is 11.5 Å². The number of benzene rings is 2. The molecule has 0 radical (unpaired) electrons. The van der Waals surface area contributed by atoms with Gasteiger partial charge in [0.15, 0.2) is 5.75 Å². The molecule has 2 aromatic carbocycles. The molecular weight excluding hydrogens is 345 g/mol. The van der Waals surface area contributed by atoms with Crippen LogP contribution < -0.4 is 10.5 Å². The highest BCUT2D eigenvalue weighted by Crippen LogP contribution is 2.31. The Hall–Kier alpha value is -1.76. The molecule has 0 amide bonds. The van der Waals surface area contributed by atoms with Crippen molar-refractivity contribution in [3.8, 4) is 11.5 Å². The highest BCUT2D eigenvalue weighted by atomic mass is 127. The first kappa shape index (κ1) is 12.7. The molecule has 3 N–H and O–H groups in total. The minimum absolute atomic E-state index is 0.144. The molecule has 4 nitrogen and oxygen atoms in total. The molecule has 0 atom stereocenters. The summed E-state index contributed by atoms with van der Waals surface area (Å²) in [5.41, 5.74) is 6.31.